The molecule has 104 valence electrons. The number of nitrogens with zero attached hydrogens (tertiary/aromatic N) is 4. The summed E-state index contributed by atoms with van der Waals surface area (Å²) in [4.78, 5) is 2.36. The van der Waals surface area contributed by atoms with Crippen LogP contribution >= 0.6 is 0 Å². The highest BCUT2D eigenvalue weighted by atomic mass is 15.4. The summed E-state index contributed by atoms with van der Waals surface area (Å²) in [5.74, 6) is 1.87. The molecular weight excluding hydrogens is 236 g/mol. The minimum Gasteiger partial charge on any atom is -0.356 e. The van der Waals surface area contributed by atoms with Crippen LogP contribution in [0.25, 0.3) is 0 Å². The number of aryl methyl sites for hydroxylation is 2. The molecule has 2 rings (SSSR count). The molecule has 0 saturated carbocycles. The van der Waals surface area contributed by atoms with Crippen LogP contribution in [0.15, 0.2) is 0 Å². The Hall–Kier alpha value is -1.50. The highest BCUT2D eigenvalue weighted by Crippen LogP contribution is 2.28. The molecule has 0 aliphatic carbocycles. The first-order valence-electron chi connectivity index (χ1n) is 7.36. The zero-order chi connectivity index (χ0) is 13.8. The molecule has 1 aliphatic rings. The fraction of sp³-hybridized carbons (Fsp3) is 0.733. The molecule has 0 amide bonds. The fourth-order valence-corrected chi connectivity index (χ4v) is 3.21. The summed E-state index contributed by atoms with van der Waals surface area (Å²) in [6.07, 6.45) is 6.40. The van der Waals surface area contributed by atoms with Crippen LogP contribution in [-0.2, 0) is 7.05 Å². The molecule has 19 heavy (non-hydrogen) atoms. The van der Waals surface area contributed by atoms with Crippen LogP contribution < -0.4 is 4.90 Å². The topological polar surface area (TPSA) is 44.9 Å². The summed E-state index contributed by atoms with van der Waals surface area (Å²) in [5, 5.41) is 13.7. The van der Waals surface area contributed by atoms with Crippen molar-refractivity contribution in [2.24, 2.45) is 13.0 Å². The van der Waals surface area contributed by atoms with Crippen molar-refractivity contribution in [3.05, 3.63) is 11.3 Å². The van der Waals surface area contributed by atoms with Crippen molar-refractivity contribution in [2.75, 3.05) is 18.0 Å². The number of hydrogen-bond acceptors (Lipinski definition) is 3. The van der Waals surface area contributed by atoms with Gasteiger partial charge in [-0.3, -0.25) is 4.68 Å². The Morgan fingerprint density at radius 3 is 2.84 bits per heavy atom. The van der Waals surface area contributed by atoms with Crippen molar-refractivity contribution < 1.29 is 0 Å². The third kappa shape index (κ3) is 2.91. The average molecular weight is 260 g/mol. The standard InChI is InChI=1S/C15H24N4/c1-4-6-13-7-5-9-19(10-8-13)15-14(11-16)12(2)17-18(15)3/h13H,4-10H2,1-3H3. The summed E-state index contributed by atoms with van der Waals surface area (Å²) in [5.41, 5.74) is 1.59. The lowest BCUT2D eigenvalue weighted by molar-refractivity contribution is 0.435. The molecule has 2 heterocycles. The second-order valence-corrected chi connectivity index (χ2v) is 5.59. The molecule has 0 spiro atoms. The van der Waals surface area contributed by atoms with E-state index in [-0.39, 0.29) is 0 Å². The molecule has 4 nitrogen and oxygen atoms in total. The Bertz CT molecular complexity index is 469. The van der Waals surface area contributed by atoms with E-state index in [2.05, 4.69) is 23.0 Å². The van der Waals surface area contributed by atoms with Crippen LogP contribution in [0.1, 0.15) is 50.3 Å². The van der Waals surface area contributed by atoms with Gasteiger partial charge >= 0.3 is 0 Å². The van der Waals surface area contributed by atoms with Crippen molar-refractivity contribution in [3.63, 3.8) is 0 Å². The summed E-state index contributed by atoms with van der Waals surface area (Å²) < 4.78 is 1.87. The molecule has 1 saturated heterocycles. The third-order valence-corrected chi connectivity index (χ3v) is 4.15. The molecule has 1 aliphatic heterocycles. The van der Waals surface area contributed by atoms with Gasteiger partial charge in [0.15, 0.2) is 0 Å². The number of nitriles is 1. The van der Waals surface area contributed by atoms with Crippen molar-refractivity contribution in [2.45, 2.75) is 46.0 Å². The molecule has 1 fully saturated rings. The predicted molar refractivity (Wildman–Crippen MR) is 77.1 cm³/mol. The molecule has 1 aromatic heterocycles. The number of hydrogen-bond donors (Lipinski definition) is 0. The van der Waals surface area contributed by atoms with Gasteiger partial charge in [0.2, 0.25) is 0 Å². The van der Waals surface area contributed by atoms with Gasteiger partial charge in [0.1, 0.15) is 17.5 Å². The van der Waals surface area contributed by atoms with Gasteiger partial charge in [-0.25, -0.2) is 0 Å². The summed E-state index contributed by atoms with van der Waals surface area (Å²) >= 11 is 0. The van der Waals surface area contributed by atoms with E-state index >= 15 is 0 Å². The molecule has 0 radical (unpaired) electrons. The molecule has 0 bridgehead atoms. The lowest BCUT2D eigenvalue weighted by atomic mass is 9.96. The molecule has 0 aromatic carbocycles. The smallest absolute Gasteiger partial charge is 0.144 e. The van der Waals surface area contributed by atoms with E-state index in [0.29, 0.717) is 0 Å². The molecular formula is C15H24N4. The summed E-state index contributed by atoms with van der Waals surface area (Å²) in [6, 6.07) is 2.31. The van der Waals surface area contributed by atoms with Crippen LogP contribution in [0.5, 0.6) is 0 Å². The number of aromatic nitrogens is 2. The van der Waals surface area contributed by atoms with Gasteiger partial charge in [0.05, 0.1) is 5.69 Å². The van der Waals surface area contributed by atoms with Crippen LogP contribution in [0.2, 0.25) is 0 Å². The van der Waals surface area contributed by atoms with Gasteiger partial charge in [0, 0.05) is 20.1 Å². The van der Waals surface area contributed by atoms with Gasteiger partial charge < -0.3 is 4.90 Å². The van der Waals surface area contributed by atoms with E-state index in [0.717, 1.165) is 36.1 Å². The van der Waals surface area contributed by atoms with Gasteiger partial charge in [-0.05, 0) is 32.1 Å². The largest absolute Gasteiger partial charge is 0.356 e. The minimum atomic E-state index is 0.747. The first kappa shape index (κ1) is 13.9. The Kier molecular flexibility index (Phi) is 4.47. The second kappa shape index (κ2) is 6.10. The van der Waals surface area contributed by atoms with E-state index in [1.165, 1.54) is 32.1 Å². The highest BCUT2D eigenvalue weighted by Gasteiger charge is 2.22. The molecule has 1 atom stereocenters. The van der Waals surface area contributed by atoms with Gasteiger partial charge in [-0.2, -0.15) is 10.4 Å². The monoisotopic (exact) mass is 260 g/mol. The van der Waals surface area contributed by atoms with Crippen LogP contribution in [0, 0.1) is 24.2 Å². The van der Waals surface area contributed by atoms with E-state index < -0.39 is 0 Å². The molecule has 1 unspecified atom stereocenters. The Labute approximate surface area is 116 Å². The van der Waals surface area contributed by atoms with E-state index in [9.17, 15) is 5.26 Å². The zero-order valence-electron chi connectivity index (χ0n) is 12.3. The normalized spacial score (nSPS) is 20.1. The summed E-state index contributed by atoms with van der Waals surface area (Å²) in [6.45, 7) is 6.28. The van der Waals surface area contributed by atoms with Gasteiger partial charge in [-0.1, -0.05) is 19.8 Å². The Balaban J connectivity index is 2.17. The third-order valence-electron chi connectivity index (χ3n) is 4.15. The first-order chi connectivity index (χ1) is 9.17. The van der Waals surface area contributed by atoms with E-state index in [1.807, 2.05) is 18.7 Å². The lowest BCUT2D eigenvalue weighted by Crippen LogP contribution is -2.27. The van der Waals surface area contributed by atoms with Crippen LogP contribution in [0.4, 0.5) is 5.82 Å². The molecule has 0 N–H and O–H groups in total. The van der Waals surface area contributed by atoms with Crippen molar-refractivity contribution in [1.29, 1.82) is 5.26 Å². The van der Waals surface area contributed by atoms with Crippen molar-refractivity contribution in [3.8, 4) is 6.07 Å². The van der Waals surface area contributed by atoms with Gasteiger partial charge in [0.25, 0.3) is 0 Å². The quantitative estimate of drug-likeness (QED) is 0.839. The number of anilines is 1. The predicted octanol–water partition coefficient (Wildman–Crippen LogP) is 3.01. The Morgan fingerprint density at radius 1 is 1.37 bits per heavy atom. The average Bonchev–Trinajstić information content (AvgIpc) is 2.55. The first-order valence-corrected chi connectivity index (χ1v) is 7.36. The fourth-order valence-electron chi connectivity index (χ4n) is 3.21. The maximum Gasteiger partial charge on any atom is 0.144 e. The zero-order valence-corrected chi connectivity index (χ0v) is 12.3. The van der Waals surface area contributed by atoms with Gasteiger partial charge in [-0.15, -0.1) is 0 Å². The maximum absolute atomic E-state index is 9.32. The second-order valence-electron chi connectivity index (χ2n) is 5.59. The maximum atomic E-state index is 9.32. The van der Waals surface area contributed by atoms with Crippen molar-refractivity contribution >= 4 is 5.82 Å². The van der Waals surface area contributed by atoms with Crippen LogP contribution in [-0.4, -0.2) is 22.9 Å². The SMILES string of the molecule is CCCC1CCCN(c2c(C#N)c(C)nn2C)CC1. The minimum absolute atomic E-state index is 0.747. The molecule has 4 heteroatoms. The van der Waals surface area contributed by atoms with E-state index in [4.69, 9.17) is 0 Å². The summed E-state index contributed by atoms with van der Waals surface area (Å²) in [7, 11) is 1.94. The Morgan fingerprint density at radius 2 is 2.16 bits per heavy atom. The van der Waals surface area contributed by atoms with Crippen LogP contribution in [0.3, 0.4) is 0 Å². The lowest BCUT2D eigenvalue weighted by Gasteiger charge is -2.23. The highest BCUT2D eigenvalue weighted by molar-refractivity contribution is 5.57. The van der Waals surface area contributed by atoms with E-state index in [1.54, 1.807) is 0 Å². The molecule has 1 aromatic rings. The van der Waals surface area contributed by atoms with Crippen molar-refractivity contribution in [1.82, 2.24) is 9.78 Å². The number of rotatable bonds is 3.